The zero-order chi connectivity index (χ0) is 21.3. The lowest BCUT2D eigenvalue weighted by atomic mass is 9.76. The minimum absolute atomic E-state index is 0.889. The summed E-state index contributed by atoms with van der Waals surface area (Å²) in [4.78, 5) is 2.65. The summed E-state index contributed by atoms with van der Waals surface area (Å²) < 4.78 is 9.83. The van der Waals surface area contributed by atoms with Crippen LogP contribution in [0.4, 0.5) is 0 Å². The molecule has 1 heterocycles. The van der Waals surface area contributed by atoms with Crippen molar-refractivity contribution in [2.75, 3.05) is 40.5 Å². The summed E-state index contributed by atoms with van der Waals surface area (Å²) in [6, 6.07) is 0.906. The molecule has 0 aromatic heterocycles. The van der Waals surface area contributed by atoms with Crippen LogP contribution >= 0.6 is 0 Å². The second kappa shape index (κ2) is 17.5. The van der Waals surface area contributed by atoms with E-state index < -0.39 is 0 Å². The van der Waals surface area contributed by atoms with Crippen LogP contribution in [0.2, 0.25) is 0 Å². The molecule has 29 heavy (non-hydrogen) atoms. The highest BCUT2D eigenvalue weighted by Gasteiger charge is 2.34. The number of fused-ring (bicyclic) bond motifs is 1. The van der Waals surface area contributed by atoms with Gasteiger partial charge in [0.05, 0.1) is 6.61 Å². The molecule has 3 nitrogen and oxygen atoms in total. The highest BCUT2D eigenvalue weighted by molar-refractivity contribution is 4.89. The van der Waals surface area contributed by atoms with Gasteiger partial charge in [-0.2, -0.15) is 0 Å². The molecular weight excluding hydrogens is 358 g/mol. The molecule has 0 radical (unpaired) electrons. The lowest BCUT2D eigenvalue weighted by Crippen LogP contribution is -2.36. The number of rotatable bonds is 8. The lowest BCUT2D eigenvalue weighted by molar-refractivity contribution is 0.120. The van der Waals surface area contributed by atoms with Gasteiger partial charge in [0.25, 0.3) is 0 Å². The summed E-state index contributed by atoms with van der Waals surface area (Å²) in [5.41, 5.74) is 0. The first-order chi connectivity index (χ1) is 14.2. The number of methoxy groups -OCH3 is 2. The topological polar surface area (TPSA) is 21.7 Å². The molecule has 3 aliphatic rings. The Labute approximate surface area is 183 Å². The highest BCUT2D eigenvalue weighted by Crippen LogP contribution is 2.36. The Morgan fingerprint density at radius 3 is 1.97 bits per heavy atom. The number of likely N-dealkylation sites (tertiary alicyclic amines) is 1. The normalized spacial score (nSPS) is 29.3. The third kappa shape index (κ3) is 10.6. The van der Waals surface area contributed by atoms with Crippen LogP contribution in [0.5, 0.6) is 0 Å². The fourth-order valence-electron chi connectivity index (χ4n) is 5.77. The Balaban J connectivity index is 0.000000240. The van der Waals surface area contributed by atoms with Crippen LogP contribution in [0.25, 0.3) is 0 Å². The number of ether oxygens (including phenoxy) is 2. The largest absolute Gasteiger partial charge is 0.385 e. The van der Waals surface area contributed by atoms with E-state index in [-0.39, 0.29) is 0 Å². The molecule has 1 aliphatic heterocycles. The number of hydrogen-bond acceptors (Lipinski definition) is 3. The van der Waals surface area contributed by atoms with E-state index in [9.17, 15) is 0 Å². The quantitative estimate of drug-likeness (QED) is 0.431. The van der Waals surface area contributed by atoms with Gasteiger partial charge in [-0.1, -0.05) is 78.6 Å². The van der Waals surface area contributed by atoms with Gasteiger partial charge in [-0.25, -0.2) is 0 Å². The van der Waals surface area contributed by atoms with Crippen LogP contribution in [0.15, 0.2) is 0 Å². The van der Waals surface area contributed by atoms with Crippen molar-refractivity contribution in [3.8, 4) is 0 Å². The molecule has 4 atom stereocenters. The average Bonchev–Trinajstić information content (AvgIpc) is 3.17. The van der Waals surface area contributed by atoms with Gasteiger partial charge in [0.2, 0.25) is 0 Å². The van der Waals surface area contributed by atoms with Gasteiger partial charge in [-0.05, 0) is 50.0 Å². The molecule has 0 bridgehead atoms. The van der Waals surface area contributed by atoms with Crippen LogP contribution in [-0.2, 0) is 9.47 Å². The fourth-order valence-corrected chi connectivity index (χ4v) is 5.77. The standard InChI is InChI=1S/C11H21NO.C11H22.C4H10O/c1-13-9-8-12-7-6-10-4-2-3-5-11(10)12;1-3-7-11-9-6-5-8-10(11)4-2;1-3-4-5-2/h10-11H,2-9H2,1H3;10-11H,3-9H2,1-2H3;3-4H2,1-2H3. The zero-order valence-corrected chi connectivity index (χ0v) is 20.6. The minimum Gasteiger partial charge on any atom is -0.385 e. The van der Waals surface area contributed by atoms with Crippen molar-refractivity contribution in [2.24, 2.45) is 17.8 Å². The molecule has 0 aromatic carbocycles. The minimum atomic E-state index is 0.889. The van der Waals surface area contributed by atoms with Crippen LogP contribution < -0.4 is 0 Å². The maximum atomic E-state index is 5.14. The van der Waals surface area contributed by atoms with E-state index in [4.69, 9.17) is 9.47 Å². The highest BCUT2D eigenvalue weighted by atomic mass is 16.5. The van der Waals surface area contributed by atoms with Crippen molar-refractivity contribution < 1.29 is 9.47 Å². The van der Waals surface area contributed by atoms with Crippen LogP contribution in [0.3, 0.4) is 0 Å². The summed E-state index contributed by atoms with van der Waals surface area (Å²) in [6.07, 6.45) is 18.7. The smallest absolute Gasteiger partial charge is 0.0589 e. The lowest BCUT2D eigenvalue weighted by Gasteiger charge is -2.31. The van der Waals surface area contributed by atoms with E-state index in [1.165, 1.54) is 83.6 Å². The molecule has 4 unspecified atom stereocenters. The Hall–Kier alpha value is -0.120. The zero-order valence-electron chi connectivity index (χ0n) is 20.6. The van der Waals surface area contributed by atoms with Crippen LogP contribution in [0, 0.1) is 17.8 Å². The fraction of sp³-hybridized carbons (Fsp3) is 1.00. The van der Waals surface area contributed by atoms with Crippen molar-refractivity contribution in [1.82, 2.24) is 4.90 Å². The van der Waals surface area contributed by atoms with E-state index >= 15 is 0 Å². The van der Waals surface area contributed by atoms with Crippen molar-refractivity contribution >= 4 is 0 Å². The Morgan fingerprint density at radius 1 is 0.724 bits per heavy atom. The first-order valence-electron chi connectivity index (χ1n) is 12.9. The Bertz CT molecular complexity index is 359. The molecule has 3 rings (SSSR count). The number of hydrogen-bond donors (Lipinski definition) is 0. The van der Waals surface area contributed by atoms with E-state index in [1.807, 2.05) is 0 Å². The summed E-state index contributed by atoms with van der Waals surface area (Å²) in [7, 11) is 3.51. The van der Waals surface area contributed by atoms with E-state index in [0.717, 1.165) is 50.0 Å². The monoisotopic (exact) mass is 411 g/mol. The predicted molar refractivity (Wildman–Crippen MR) is 127 cm³/mol. The number of nitrogens with zero attached hydrogens (tertiary/aromatic N) is 1. The summed E-state index contributed by atoms with van der Waals surface area (Å²) in [5.74, 6) is 3.17. The molecule has 2 saturated carbocycles. The summed E-state index contributed by atoms with van der Waals surface area (Å²) in [6.45, 7) is 11.0. The van der Waals surface area contributed by atoms with Crippen LogP contribution in [-0.4, -0.2) is 51.5 Å². The molecule has 174 valence electrons. The van der Waals surface area contributed by atoms with E-state index in [0.29, 0.717) is 0 Å². The third-order valence-corrected chi connectivity index (χ3v) is 7.37. The van der Waals surface area contributed by atoms with Gasteiger partial charge in [0.15, 0.2) is 0 Å². The van der Waals surface area contributed by atoms with Crippen molar-refractivity contribution in [1.29, 1.82) is 0 Å². The van der Waals surface area contributed by atoms with E-state index in [1.54, 1.807) is 14.2 Å². The van der Waals surface area contributed by atoms with Crippen LogP contribution in [0.1, 0.15) is 104 Å². The second-order valence-electron chi connectivity index (χ2n) is 9.42. The maximum absolute atomic E-state index is 5.14. The molecule has 0 N–H and O–H groups in total. The Kier molecular flexibility index (Phi) is 16.3. The summed E-state index contributed by atoms with van der Waals surface area (Å²) >= 11 is 0. The molecule has 1 saturated heterocycles. The molecule has 3 fully saturated rings. The molecule has 3 heteroatoms. The maximum Gasteiger partial charge on any atom is 0.0589 e. The first kappa shape index (κ1) is 26.9. The van der Waals surface area contributed by atoms with Crippen molar-refractivity contribution in [3.05, 3.63) is 0 Å². The van der Waals surface area contributed by atoms with Crippen molar-refractivity contribution in [3.63, 3.8) is 0 Å². The Morgan fingerprint density at radius 2 is 1.38 bits per heavy atom. The van der Waals surface area contributed by atoms with E-state index in [2.05, 4.69) is 25.7 Å². The predicted octanol–water partition coefficient (Wildman–Crippen LogP) is 6.94. The van der Waals surface area contributed by atoms with Gasteiger partial charge in [-0.3, -0.25) is 4.90 Å². The molecular formula is C26H53NO2. The average molecular weight is 412 g/mol. The van der Waals surface area contributed by atoms with Gasteiger partial charge >= 0.3 is 0 Å². The summed E-state index contributed by atoms with van der Waals surface area (Å²) in [5, 5.41) is 0. The molecule has 0 spiro atoms. The molecule has 2 aliphatic carbocycles. The molecule has 0 aromatic rings. The van der Waals surface area contributed by atoms with Gasteiger partial charge in [0, 0.05) is 33.4 Å². The first-order valence-corrected chi connectivity index (χ1v) is 12.9. The van der Waals surface area contributed by atoms with Gasteiger partial charge < -0.3 is 9.47 Å². The third-order valence-electron chi connectivity index (χ3n) is 7.37. The van der Waals surface area contributed by atoms with Gasteiger partial charge in [0.1, 0.15) is 0 Å². The molecule has 0 amide bonds. The SMILES string of the molecule is CCCC1CCCCC1CC.CCCOC.COCCN1CCC2CCCCC21. The van der Waals surface area contributed by atoms with Crippen molar-refractivity contribution in [2.45, 2.75) is 110 Å². The van der Waals surface area contributed by atoms with Gasteiger partial charge in [-0.15, -0.1) is 0 Å². The second-order valence-corrected chi connectivity index (χ2v) is 9.42.